The third kappa shape index (κ3) is 3.10. The van der Waals surface area contributed by atoms with Gasteiger partial charge in [-0.25, -0.2) is 0 Å². The highest BCUT2D eigenvalue weighted by molar-refractivity contribution is 5.27. The van der Waals surface area contributed by atoms with Crippen molar-refractivity contribution in [3.63, 3.8) is 0 Å². The van der Waals surface area contributed by atoms with Crippen LogP contribution in [-0.2, 0) is 9.47 Å². The molecule has 1 aliphatic heterocycles. The van der Waals surface area contributed by atoms with E-state index in [9.17, 15) is 0 Å². The predicted octanol–water partition coefficient (Wildman–Crippen LogP) is 2.79. The molecule has 0 aromatic heterocycles. The van der Waals surface area contributed by atoms with Gasteiger partial charge in [0.05, 0.1) is 13.2 Å². The third-order valence-corrected chi connectivity index (χ3v) is 3.46. The largest absolute Gasteiger partial charge is 0.379 e. The molecule has 1 unspecified atom stereocenters. The van der Waals surface area contributed by atoms with Gasteiger partial charge in [0, 0.05) is 20.2 Å². The molecule has 0 N–H and O–H groups in total. The molecule has 0 aliphatic carbocycles. The Hall–Kier alpha value is -0.900. The molecule has 0 saturated carbocycles. The lowest BCUT2D eigenvalue weighted by Crippen LogP contribution is -2.39. The average Bonchev–Trinajstić information content (AvgIpc) is 2.41. The summed E-state index contributed by atoms with van der Waals surface area (Å²) >= 11 is 0. The maximum absolute atomic E-state index is 5.68. The van der Waals surface area contributed by atoms with Gasteiger partial charge in [-0.1, -0.05) is 38.1 Å². The summed E-state index contributed by atoms with van der Waals surface area (Å²) in [7, 11) is 1.78. The summed E-state index contributed by atoms with van der Waals surface area (Å²) in [4.78, 5) is 2.34. The lowest BCUT2D eigenvalue weighted by molar-refractivity contribution is -0.0811. The van der Waals surface area contributed by atoms with Crippen LogP contribution < -0.4 is 0 Å². The van der Waals surface area contributed by atoms with Crippen LogP contribution in [0.5, 0.6) is 0 Å². The molecule has 2 rings (SSSR count). The predicted molar refractivity (Wildman–Crippen MR) is 72.7 cm³/mol. The Morgan fingerprint density at radius 1 is 1.17 bits per heavy atom. The molecule has 1 fully saturated rings. The van der Waals surface area contributed by atoms with Crippen LogP contribution in [0, 0.1) is 0 Å². The van der Waals surface area contributed by atoms with E-state index in [1.165, 1.54) is 11.1 Å². The van der Waals surface area contributed by atoms with Crippen LogP contribution in [0.15, 0.2) is 24.3 Å². The first-order valence-corrected chi connectivity index (χ1v) is 6.67. The number of ether oxygens (including phenoxy) is 2. The van der Waals surface area contributed by atoms with Crippen molar-refractivity contribution < 1.29 is 9.47 Å². The number of benzene rings is 1. The standard InChI is InChI=1S/C15H23NO2/c1-12(2)13-5-4-6-14(11-13)15(17-3)16-7-9-18-10-8-16/h4-6,11-12,15H,7-10H2,1-3H3. The molecule has 1 aliphatic rings. The molecule has 0 spiro atoms. The second kappa shape index (κ2) is 6.32. The van der Waals surface area contributed by atoms with E-state index in [2.05, 4.69) is 43.0 Å². The van der Waals surface area contributed by atoms with E-state index < -0.39 is 0 Å². The van der Waals surface area contributed by atoms with Crippen molar-refractivity contribution in [3.8, 4) is 0 Å². The van der Waals surface area contributed by atoms with Gasteiger partial charge in [0.15, 0.2) is 0 Å². The minimum absolute atomic E-state index is 0.0487. The summed E-state index contributed by atoms with van der Waals surface area (Å²) in [5.41, 5.74) is 2.61. The highest BCUT2D eigenvalue weighted by Gasteiger charge is 2.22. The lowest BCUT2D eigenvalue weighted by atomic mass is 10.00. The number of hydrogen-bond acceptors (Lipinski definition) is 3. The van der Waals surface area contributed by atoms with Crippen molar-refractivity contribution in [1.82, 2.24) is 4.90 Å². The lowest BCUT2D eigenvalue weighted by Gasteiger charge is -2.33. The fraction of sp³-hybridized carbons (Fsp3) is 0.600. The molecule has 3 nitrogen and oxygen atoms in total. The zero-order chi connectivity index (χ0) is 13.0. The van der Waals surface area contributed by atoms with E-state index in [1.807, 2.05) is 0 Å². The Kier molecular flexibility index (Phi) is 4.75. The normalized spacial score (nSPS) is 19.1. The second-order valence-electron chi connectivity index (χ2n) is 5.06. The second-order valence-corrected chi connectivity index (χ2v) is 5.06. The number of hydrogen-bond donors (Lipinski definition) is 0. The maximum Gasteiger partial charge on any atom is 0.136 e. The van der Waals surface area contributed by atoms with Crippen LogP contribution in [0.25, 0.3) is 0 Å². The molecule has 1 aromatic rings. The monoisotopic (exact) mass is 249 g/mol. The molecule has 0 amide bonds. The summed E-state index contributed by atoms with van der Waals surface area (Å²) < 4.78 is 11.1. The van der Waals surface area contributed by atoms with E-state index in [0.29, 0.717) is 5.92 Å². The molecule has 0 bridgehead atoms. The van der Waals surface area contributed by atoms with Crippen LogP contribution in [0.2, 0.25) is 0 Å². The van der Waals surface area contributed by atoms with Crippen molar-refractivity contribution >= 4 is 0 Å². The van der Waals surface area contributed by atoms with Gasteiger partial charge in [-0.3, -0.25) is 4.90 Å². The van der Waals surface area contributed by atoms with Crippen LogP contribution >= 0.6 is 0 Å². The fourth-order valence-electron chi connectivity index (χ4n) is 2.38. The number of rotatable bonds is 4. The molecule has 0 radical (unpaired) electrons. The highest BCUT2D eigenvalue weighted by Crippen LogP contribution is 2.25. The first-order valence-electron chi connectivity index (χ1n) is 6.67. The summed E-state index contributed by atoms with van der Waals surface area (Å²) in [5.74, 6) is 0.548. The highest BCUT2D eigenvalue weighted by atomic mass is 16.5. The summed E-state index contributed by atoms with van der Waals surface area (Å²) in [6.07, 6.45) is 0.0487. The molecule has 1 saturated heterocycles. The summed E-state index contributed by atoms with van der Waals surface area (Å²) in [6, 6.07) is 8.71. The van der Waals surface area contributed by atoms with Gasteiger partial charge in [-0.05, 0) is 17.0 Å². The van der Waals surface area contributed by atoms with Crippen molar-refractivity contribution in [2.45, 2.75) is 26.0 Å². The topological polar surface area (TPSA) is 21.7 Å². The van der Waals surface area contributed by atoms with Crippen LogP contribution in [-0.4, -0.2) is 38.3 Å². The minimum atomic E-state index is 0.0487. The molecule has 1 aromatic carbocycles. The van der Waals surface area contributed by atoms with Gasteiger partial charge in [-0.2, -0.15) is 0 Å². The van der Waals surface area contributed by atoms with Gasteiger partial charge < -0.3 is 9.47 Å². The Bertz CT molecular complexity index is 373. The Morgan fingerprint density at radius 2 is 1.83 bits per heavy atom. The van der Waals surface area contributed by atoms with Gasteiger partial charge >= 0.3 is 0 Å². The zero-order valence-electron chi connectivity index (χ0n) is 11.6. The molecule has 1 atom stereocenters. The van der Waals surface area contributed by atoms with Crippen LogP contribution in [0.1, 0.15) is 37.1 Å². The van der Waals surface area contributed by atoms with Crippen LogP contribution in [0.4, 0.5) is 0 Å². The Balaban J connectivity index is 2.18. The third-order valence-electron chi connectivity index (χ3n) is 3.46. The van der Waals surface area contributed by atoms with Crippen molar-refractivity contribution in [3.05, 3.63) is 35.4 Å². The quantitative estimate of drug-likeness (QED) is 0.819. The number of morpholine rings is 1. The van der Waals surface area contributed by atoms with Gasteiger partial charge in [0.2, 0.25) is 0 Å². The fourth-order valence-corrected chi connectivity index (χ4v) is 2.38. The number of nitrogens with zero attached hydrogens (tertiary/aromatic N) is 1. The van der Waals surface area contributed by atoms with Crippen LogP contribution in [0.3, 0.4) is 0 Å². The van der Waals surface area contributed by atoms with E-state index in [0.717, 1.165) is 26.3 Å². The molecule has 18 heavy (non-hydrogen) atoms. The maximum atomic E-state index is 5.68. The summed E-state index contributed by atoms with van der Waals surface area (Å²) in [6.45, 7) is 7.90. The first-order chi connectivity index (χ1) is 8.72. The zero-order valence-corrected chi connectivity index (χ0v) is 11.6. The molecule has 3 heteroatoms. The molecule has 1 heterocycles. The Morgan fingerprint density at radius 3 is 2.44 bits per heavy atom. The number of methoxy groups -OCH3 is 1. The van der Waals surface area contributed by atoms with E-state index in [1.54, 1.807) is 7.11 Å². The van der Waals surface area contributed by atoms with Gasteiger partial charge in [0.1, 0.15) is 6.23 Å². The van der Waals surface area contributed by atoms with Gasteiger partial charge in [0.25, 0.3) is 0 Å². The molecular weight excluding hydrogens is 226 g/mol. The molecular formula is C15H23NO2. The Labute approximate surface area is 110 Å². The van der Waals surface area contributed by atoms with Crippen molar-refractivity contribution in [2.75, 3.05) is 33.4 Å². The van der Waals surface area contributed by atoms with Crippen molar-refractivity contribution in [1.29, 1.82) is 0 Å². The SMILES string of the molecule is COC(c1cccc(C(C)C)c1)N1CCOCC1. The summed E-state index contributed by atoms with van der Waals surface area (Å²) in [5, 5.41) is 0. The average molecular weight is 249 g/mol. The first kappa shape index (κ1) is 13.5. The molecule has 100 valence electrons. The van der Waals surface area contributed by atoms with E-state index in [-0.39, 0.29) is 6.23 Å². The van der Waals surface area contributed by atoms with E-state index in [4.69, 9.17) is 9.47 Å². The van der Waals surface area contributed by atoms with E-state index >= 15 is 0 Å². The smallest absolute Gasteiger partial charge is 0.136 e. The van der Waals surface area contributed by atoms with Gasteiger partial charge in [-0.15, -0.1) is 0 Å². The minimum Gasteiger partial charge on any atom is -0.379 e. The van der Waals surface area contributed by atoms with Crippen molar-refractivity contribution in [2.24, 2.45) is 0 Å².